The van der Waals surface area contributed by atoms with Crippen LogP contribution in [-0.2, 0) is 16.0 Å². The molecule has 0 aliphatic carbocycles. The Balaban J connectivity index is 1.55. The zero-order valence-electron chi connectivity index (χ0n) is 17.2. The van der Waals surface area contributed by atoms with Crippen molar-refractivity contribution >= 4 is 17.5 Å². The van der Waals surface area contributed by atoms with Crippen LogP contribution in [0.15, 0.2) is 42.5 Å². The highest BCUT2D eigenvalue weighted by Crippen LogP contribution is 2.30. The minimum atomic E-state index is -0.131. The van der Waals surface area contributed by atoms with Gasteiger partial charge in [0.15, 0.2) is 0 Å². The van der Waals surface area contributed by atoms with E-state index in [1.807, 2.05) is 36.1 Å². The first-order valence-electron chi connectivity index (χ1n) is 9.86. The number of nitrogens with zero attached hydrogens (tertiary/aromatic N) is 1. The number of ether oxygens (including phenoxy) is 2. The Morgan fingerprint density at radius 1 is 1.07 bits per heavy atom. The molecule has 0 radical (unpaired) electrons. The Hall–Kier alpha value is -3.02. The first-order chi connectivity index (χ1) is 14.0. The summed E-state index contributed by atoms with van der Waals surface area (Å²) in [5.41, 5.74) is 2.77. The molecule has 0 spiro atoms. The van der Waals surface area contributed by atoms with Gasteiger partial charge >= 0.3 is 0 Å². The second-order valence-electron chi connectivity index (χ2n) is 7.38. The van der Waals surface area contributed by atoms with Crippen LogP contribution < -0.4 is 14.8 Å². The maximum absolute atomic E-state index is 12.7. The third kappa shape index (κ3) is 5.28. The van der Waals surface area contributed by atoms with Crippen molar-refractivity contribution in [3.05, 3.63) is 53.6 Å². The van der Waals surface area contributed by atoms with E-state index in [0.29, 0.717) is 49.5 Å². The topological polar surface area (TPSA) is 67.9 Å². The molecular formula is C23H28N2O4. The standard InChI is InChI=1S/C23H28N2O4/c1-16-5-4-6-17(13-16)14-22(26)25-11-9-18(10-12-25)23(27)24-20-15-19(28-2)7-8-21(20)29-3/h4-8,13,15,18H,9-12,14H2,1-3H3,(H,24,27). The lowest BCUT2D eigenvalue weighted by atomic mass is 9.95. The summed E-state index contributed by atoms with van der Waals surface area (Å²) in [7, 11) is 3.15. The molecule has 0 saturated carbocycles. The van der Waals surface area contributed by atoms with E-state index < -0.39 is 0 Å². The smallest absolute Gasteiger partial charge is 0.227 e. The molecule has 1 fully saturated rings. The molecule has 6 nitrogen and oxygen atoms in total. The molecule has 2 amide bonds. The van der Waals surface area contributed by atoms with Crippen molar-refractivity contribution in [2.24, 2.45) is 5.92 Å². The van der Waals surface area contributed by atoms with Crippen LogP contribution in [0.25, 0.3) is 0 Å². The highest BCUT2D eigenvalue weighted by molar-refractivity contribution is 5.94. The highest BCUT2D eigenvalue weighted by atomic mass is 16.5. The van der Waals surface area contributed by atoms with Gasteiger partial charge in [-0.25, -0.2) is 0 Å². The van der Waals surface area contributed by atoms with E-state index in [1.165, 1.54) is 0 Å². The third-order valence-corrected chi connectivity index (χ3v) is 5.32. The molecule has 29 heavy (non-hydrogen) atoms. The predicted octanol–water partition coefficient (Wildman–Crippen LogP) is 3.43. The minimum absolute atomic E-state index is 0.0534. The zero-order chi connectivity index (χ0) is 20.8. The van der Waals surface area contributed by atoms with Gasteiger partial charge in [-0.1, -0.05) is 29.8 Å². The molecule has 1 aliphatic heterocycles. The number of amides is 2. The average molecular weight is 396 g/mol. The third-order valence-electron chi connectivity index (χ3n) is 5.32. The predicted molar refractivity (Wildman–Crippen MR) is 112 cm³/mol. The number of methoxy groups -OCH3 is 2. The first-order valence-corrected chi connectivity index (χ1v) is 9.86. The maximum atomic E-state index is 12.7. The number of likely N-dealkylation sites (tertiary alicyclic amines) is 1. The fourth-order valence-corrected chi connectivity index (χ4v) is 3.65. The summed E-state index contributed by atoms with van der Waals surface area (Å²) in [5, 5.41) is 2.95. The second-order valence-corrected chi connectivity index (χ2v) is 7.38. The van der Waals surface area contributed by atoms with Crippen molar-refractivity contribution in [3.63, 3.8) is 0 Å². The van der Waals surface area contributed by atoms with Gasteiger partial charge in [-0.15, -0.1) is 0 Å². The molecular weight excluding hydrogens is 368 g/mol. The van der Waals surface area contributed by atoms with Crippen molar-refractivity contribution in [1.82, 2.24) is 4.90 Å². The molecule has 1 aliphatic rings. The van der Waals surface area contributed by atoms with E-state index in [9.17, 15) is 9.59 Å². The lowest BCUT2D eigenvalue weighted by Crippen LogP contribution is -2.42. The number of aryl methyl sites for hydroxylation is 1. The molecule has 2 aromatic carbocycles. The van der Waals surface area contributed by atoms with Crippen LogP contribution in [0.5, 0.6) is 11.5 Å². The van der Waals surface area contributed by atoms with Crippen molar-refractivity contribution in [2.45, 2.75) is 26.2 Å². The second kappa shape index (κ2) is 9.45. The van der Waals surface area contributed by atoms with Gasteiger partial charge in [0.1, 0.15) is 11.5 Å². The van der Waals surface area contributed by atoms with Crippen molar-refractivity contribution in [2.75, 3.05) is 32.6 Å². The Kier molecular flexibility index (Phi) is 6.75. The number of hydrogen-bond acceptors (Lipinski definition) is 4. The fourth-order valence-electron chi connectivity index (χ4n) is 3.65. The molecule has 1 heterocycles. The largest absolute Gasteiger partial charge is 0.497 e. The molecule has 1 saturated heterocycles. The van der Waals surface area contributed by atoms with Crippen LogP contribution in [0, 0.1) is 12.8 Å². The molecule has 0 unspecified atom stereocenters. The summed E-state index contributed by atoms with van der Waals surface area (Å²) in [4.78, 5) is 27.2. The van der Waals surface area contributed by atoms with E-state index >= 15 is 0 Å². The zero-order valence-corrected chi connectivity index (χ0v) is 17.2. The van der Waals surface area contributed by atoms with E-state index in [-0.39, 0.29) is 17.7 Å². The normalized spacial score (nSPS) is 14.4. The summed E-state index contributed by atoms with van der Waals surface area (Å²) in [6, 6.07) is 13.3. The van der Waals surface area contributed by atoms with Crippen molar-refractivity contribution < 1.29 is 19.1 Å². The van der Waals surface area contributed by atoms with E-state index in [2.05, 4.69) is 5.32 Å². The molecule has 154 valence electrons. The Morgan fingerprint density at radius 3 is 2.48 bits per heavy atom. The van der Waals surface area contributed by atoms with Crippen LogP contribution in [0.3, 0.4) is 0 Å². The number of carbonyl (C=O) groups excluding carboxylic acids is 2. The molecule has 0 aromatic heterocycles. The molecule has 3 rings (SSSR count). The first kappa shape index (κ1) is 20.7. The van der Waals surface area contributed by atoms with Crippen LogP contribution >= 0.6 is 0 Å². The number of rotatable bonds is 6. The average Bonchev–Trinajstić information content (AvgIpc) is 2.73. The molecule has 0 atom stereocenters. The van der Waals surface area contributed by atoms with Crippen LogP contribution in [-0.4, -0.2) is 44.0 Å². The van der Waals surface area contributed by atoms with Gasteiger partial charge in [0.2, 0.25) is 11.8 Å². The molecule has 1 N–H and O–H groups in total. The quantitative estimate of drug-likeness (QED) is 0.812. The van der Waals surface area contributed by atoms with E-state index in [1.54, 1.807) is 32.4 Å². The summed E-state index contributed by atoms with van der Waals surface area (Å²) in [6.07, 6.45) is 1.70. The van der Waals surface area contributed by atoms with Gasteiger partial charge < -0.3 is 19.7 Å². The lowest BCUT2D eigenvalue weighted by molar-refractivity contribution is -0.133. The van der Waals surface area contributed by atoms with Crippen molar-refractivity contribution in [3.8, 4) is 11.5 Å². The summed E-state index contributed by atoms with van der Waals surface area (Å²) < 4.78 is 10.6. The number of hydrogen-bond donors (Lipinski definition) is 1. The Bertz CT molecular complexity index is 873. The van der Waals surface area contributed by atoms with Crippen LogP contribution in [0.1, 0.15) is 24.0 Å². The van der Waals surface area contributed by atoms with Crippen molar-refractivity contribution in [1.29, 1.82) is 0 Å². The highest BCUT2D eigenvalue weighted by Gasteiger charge is 2.28. The summed E-state index contributed by atoms with van der Waals surface area (Å²) in [5.74, 6) is 1.17. The monoisotopic (exact) mass is 396 g/mol. The van der Waals surface area contributed by atoms with E-state index in [4.69, 9.17) is 9.47 Å². The number of piperidine rings is 1. The lowest BCUT2D eigenvalue weighted by Gasteiger charge is -2.31. The van der Waals surface area contributed by atoms with Crippen LogP contribution in [0.4, 0.5) is 5.69 Å². The number of nitrogens with one attached hydrogen (secondary N) is 1. The van der Waals surface area contributed by atoms with E-state index in [0.717, 1.165) is 11.1 Å². The number of carbonyl (C=O) groups is 2. The Labute approximate surface area is 171 Å². The number of anilines is 1. The summed E-state index contributed by atoms with van der Waals surface area (Å²) >= 11 is 0. The SMILES string of the molecule is COc1ccc(OC)c(NC(=O)C2CCN(C(=O)Cc3cccc(C)c3)CC2)c1. The Morgan fingerprint density at radius 2 is 1.83 bits per heavy atom. The maximum Gasteiger partial charge on any atom is 0.227 e. The molecule has 0 bridgehead atoms. The molecule has 2 aromatic rings. The minimum Gasteiger partial charge on any atom is -0.497 e. The van der Waals surface area contributed by atoms with Gasteiger partial charge in [0.05, 0.1) is 26.3 Å². The summed E-state index contributed by atoms with van der Waals surface area (Å²) in [6.45, 7) is 3.21. The van der Waals surface area contributed by atoms with Gasteiger partial charge in [0, 0.05) is 25.1 Å². The number of benzene rings is 2. The van der Waals surface area contributed by atoms with Crippen LogP contribution in [0.2, 0.25) is 0 Å². The van der Waals surface area contributed by atoms with Gasteiger partial charge in [-0.05, 0) is 37.5 Å². The van der Waals surface area contributed by atoms with Gasteiger partial charge in [-0.2, -0.15) is 0 Å². The molecule has 6 heteroatoms. The fraction of sp³-hybridized carbons (Fsp3) is 0.391. The van der Waals surface area contributed by atoms with Gasteiger partial charge in [-0.3, -0.25) is 9.59 Å². The van der Waals surface area contributed by atoms with Gasteiger partial charge in [0.25, 0.3) is 0 Å².